The van der Waals surface area contributed by atoms with Crippen LogP contribution in [0.25, 0.3) is 0 Å². The first-order valence-corrected chi connectivity index (χ1v) is 7.84. The van der Waals surface area contributed by atoms with Crippen LogP contribution in [0.3, 0.4) is 0 Å². The van der Waals surface area contributed by atoms with Gasteiger partial charge in [-0.25, -0.2) is 4.39 Å². The molecule has 0 saturated carbocycles. The topological polar surface area (TPSA) is 45.5 Å². The number of aryl methyl sites for hydroxylation is 1. The molecule has 5 nitrogen and oxygen atoms in total. The number of rotatable bonds is 3. The van der Waals surface area contributed by atoms with E-state index in [1.807, 2.05) is 17.9 Å². The van der Waals surface area contributed by atoms with E-state index in [1.54, 1.807) is 19.2 Å². The number of aromatic nitrogens is 2. The van der Waals surface area contributed by atoms with Crippen molar-refractivity contribution in [2.75, 3.05) is 20.1 Å². The van der Waals surface area contributed by atoms with E-state index in [9.17, 15) is 4.39 Å². The standard InChI is InChI=1S/C17H22FN5/c1-19-17(20-9-13-3-5-16(18)6-4-13)23-8-7-14(12-23)15-10-21-22(2)11-15/h3-6,10-11,14H,7-9,12H2,1-2H3,(H,19,20). The number of nitrogens with zero attached hydrogens (tertiary/aromatic N) is 4. The van der Waals surface area contributed by atoms with E-state index in [0.29, 0.717) is 12.5 Å². The van der Waals surface area contributed by atoms with Crippen molar-refractivity contribution in [1.82, 2.24) is 20.0 Å². The van der Waals surface area contributed by atoms with E-state index in [0.717, 1.165) is 31.0 Å². The van der Waals surface area contributed by atoms with Crippen LogP contribution < -0.4 is 5.32 Å². The quantitative estimate of drug-likeness (QED) is 0.697. The molecule has 1 aliphatic heterocycles. The van der Waals surface area contributed by atoms with Crippen LogP contribution in [0.5, 0.6) is 0 Å². The number of hydrogen-bond acceptors (Lipinski definition) is 2. The lowest BCUT2D eigenvalue weighted by atomic mass is 10.0. The van der Waals surface area contributed by atoms with Crippen molar-refractivity contribution in [3.8, 4) is 0 Å². The van der Waals surface area contributed by atoms with Crippen molar-refractivity contribution in [3.63, 3.8) is 0 Å². The molecule has 0 spiro atoms. The largest absolute Gasteiger partial charge is 0.352 e. The van der Waals surface area contributed by atoms with E-state index < -0.39 is 0 Å². The van der Waals surface area contributed by atoms with Crippen LogP contribution in [-0.2, 0) is 13.6 Å². The van der Waals surface area contributed by atoms with E-state index in [1.165, 1.54) is 17.7 Å². The highest BCUT2D eigenvalue weighted by Gasteiger charge is 2.26. The van der Waals surface area contributed by atoms with Gasteiger partial charge in [0.2, 0.25) is 0 Å². The molecule has 1 aromatic heterocycles. The number of benzene rings is 1. The fraction of sp³-hybridized carbons (Fsp3) is 0.412. The SMILES string of the molecule is CN=C(NCc1ccc(F)cc1)N1CCC(c2cnn(C)c2)C1. The molecule has 0 amide bonds. The number of hydrogen-bond donors (Lipinski definition) is 1. The Labute approximate surface area is 135 Å². The van der Waals surface area contributed by atoms with Gasteiger partial charge in [0.25, 0.3) is 0 Å². The van der Waals surface area contributed by atoms with Crippen LogP contribution in [0.4, 0.5) is 4.39 Å². The lowest BCUT2D eigenvalue weighted by Crippen LogP contribution is -2.39. The lowest BCUT2D eigenvalue weighted by Gasteiger charge is -2.21. The van der Waals surface area contributed by atoms with Crippen LogP contribution in [0.15, 0.2) is 41.7 Å². The third kappa shape index (κ3) is 3.70. The predicted molar refractivity (Wildman–Crippen MR) is 88.7 cm³/mol. The summed E-state index contributed by atoms with van der Waals surface area (Å²) in [6.07, 6.45) is 5.13. The van der Waals surface area contributed by atoms with Gasteiger partial charge in [-0.3, -0.25) is 9.67 Å². The molecule has 3 rings (SSSR count). The van der Waals surface area contributed by atoms with Gasteiger partial charge in [0.05, 0.1) is 6.20 Å². The summed E-state index contributed by atoms with van der Waals surface area (Å²) in [5, 5.41) is 7.61. The zero-order valence-corrected chi connectivity index (χ0v) is 13.5. The molecule has 1 saturated heterocycles. The zero-order chi connectivity index (χ0) is 16.2. The monoisotopic (exact) mass is 315 g/mol. The maximum atomic E-state index is 12.9. The molecule has 1 aliphatic rings. The maximum absolute atomic E-state index is 12.9. The third-order valence-electron chi connectivity index (χ3n) is 4.26. The summed E-state index contributed by atoms with van der Waals surface area (Å²) < 4.78 is 14.8. The Kier molecular flexibility index (Phi) is 4.60. The van der Waals surface area contributed by atoms with E-state index >= 15 is 0 Å². The first-order valence-electron chi connectivity index (χ1n) is 7.84. The fourth-order valence-corrected chi connectivity index (χ4v) is 2.99. The van der Waals surface area contributed by atoms with Gasteiger partial charge in [0.1, 0.15) is 5.82 Å². The molecule has 1 fully saturated rings. The maximum Gasteiger partial charge on any atom is 0.193 e. The Hall–Kier alpha value is -2.37. The van der Waals surface area contributed by atoms with Crippen molar-refractivity contribution in [2.45, 2.75) is 18.9 Å². The molecular formula is C17H22FN5. The van der Waals surface area contributed by atoms with Crippen molar-refractivity contribution in [1.29, 1.82) is 0 Å². The number of nitrogens with one attached hydrogen (secondary N) is 1. The Morgan fingerprint density at radius 1 is 1.39 bits per heavy atom. The van der Waals surface area contributed by atoms with Crippen molar-refractivity contribution < 1.29 is 4.39 Å². The van der Waals surface area contributed by atoms with Gasteiger partial charge in [0.15, 0.2) is 5.96 Å². The molecule has 1 unspecified atom stereocenters. The predicted octanol–water partition coefficient (Wildman–Crippen LogP) is 2.12. The van der Waals surface area contributed by atoms with Gasteiger partial charge in [-0.15, -0.1) is 0 Å². The summed E-state index contributed by atoms with van der Waals surface area (Å²) in [6.45, 7) is 2.55. The fourth-order valence-electron chi connectivity index (χ4n) is 2.99. The van der Waals surface area contributed by atoms with Crippen molar-refractivity contribution in [3.05, 3.63) is 53.6 Å². The molecule has 1 N–H and O–H groups in total. The normalized spacial score (nSPS) is 18.5. The van der Waals surface area contributed by atoms with Gasteiger partial charge < -0.3 is 10.2 Å². The van der Waals surface area contributed by atoms with E-state index in [2.05, 4.69) is 26.5 Å². The van der Waals surface area contributed by atoms with Crippen LogP contribution in [0, 0.1) is 5.82 Å². The average molecular weight is 315 g/mol. The number of guanidine groups is 1. The minimum atomic E-state index is -0.211. The molecule has 0 aliphatic carbocycles. The lowest BCUT2D eigenvalue weighted by molar-refractivity contribution is 0.485. The van der Waals surface area contributed by atoms with E-state index in [4.69, 9.17) is 0 Å². The smallest absolute Gasteiger partial charge is 0.193 e. The Bertz CT molecular complexity index is 677. The van der Waals surface area contributed by atoms with Crippen LogP contribution in [0.1, 0.15) is 23.5 Å². The Balaban J connectivity index is 1.58. The van der Waals surface area contributed by atoms with Gasteiger partial charge in [-0.2, -0.15) is 5.10 Å². The van der Waals surface area contributed by atoms with Gasteiger partial charge in [-0.1, -0.05) is 12.1 Å². The summed E-state index contributed by atoms with van der Waals surface area (Å²) in [5.74, 6) is 1.17. The molecule has 0 bridgehead atoms. The summed E-state index contributed by atoms with van der Waals surface area (Å²) in [7, 11) is 3.74. The number of likely N-dealkylation sites (tertiary alicyclic amines) is 1. The second kappa shape index (κ2) is 6.81. The van der Waals surface area contributed by atoms with Gasteiger partial charge in [0, 0.05) is 45.8 Å². The number of halogens is 1. The summed E-state index contributed by atoms with van der Waals surface area (Å²) in [4.78, 5) is 6.64. The average Bonchev–Trinajstić information content (AvgIpc) is 3.19. The zero-order valence-electron chi connectivity index (χ0n) is 13.5. The minimum absolute atomic E-state index is 0.211. The molecule has 23 heavy (non-hydrogen) atoms. The Morgan fingerprint density at radius 2 is 2.17 bits per heavy atom. The molecule has 1 aromatic carbocycles. The molecule has 2 aromatic rings. The second-order valence-corrected chi connectivity index (χ2v) is 5.91. The van der Waals surface area contributed by atoms with Crippen LogP contribution in [0.2, 0.25) is 0 Å². The molecule has 122 valence electrons. The molecular weight excluding hydrogens is 293 g/mol. The van der Waals surface area contributed by atoms with E-state index in [-0.39, 0.29) is 5.82 Å². The highest BCUT2D eigenvalue weighted by molar-refractivity contribution is 5.80. The third-order valence-corrected chi connectivity index (χ3v) is 4.26. The highest BCUT2D eigenvalue weighted by atomic mass is 19.1. The first kappa shape index (κ1) is 15.5. The summed E-state index contributed by atoms with van der Waals surface area (Å²) in [6, 6.07) is 6.54. The van der Waals surface area contributed by atoms with Crippen LogP contribution >= 0.6 is 0 Å². The van der Waals surface area contributed by atoms with Crippen molar-refractivity contribution >= 4 is 5.96 Å². The first-order chi connectivity index (χ1) is 11.2. The van der Waals surface area contributed by atoms with Gasteiger partial charge >= 0.3 is 0 Å². The second-order valence-electron chi connectivity index (χ2n) is 5.91. The minimum Gasteiger partial charge on any atom is -0.352 e. The number of aliphatic imine (C=N–C) groups is 1. The van der Waals surface area contributed by atoms with Crippen molar-refractivity contribution in [2.24, 2.45) is 12.0 Å². The summed E-state index contributed by atoms with van der Waals surface area (Å²) >= 11 is 0. The summed E-state index contributed by atoms with van der Waals surface area (Å²) in [5.41, 5.74) is 2.32. The molecule has 2 heterocycles. The van der Waals surface area contributed by atoms with Crippen LogP contribution in [-0.4, -0.2) is 40.8 Å². The Morgan fingerprint density at radius 3 is 2.83 bits per heavy atom. The van der Waals surface area contributed by atoms with Gasteiger partial charge in [-0.05, 0) is 29.7 Å². The molecule has 0 radical (unpaired) electrons. The molecule has 1 atom stereocenters. The molecule has 6 heteroatoms. The highest BCUT2D eigenvalue weighted by Crippen LogP contribution is 2.26.